The quantitative estimate of drug-likeness (QED) is 0.762. The van der Waals surface area contributed by atoms with Gasteiger partial charge < -0.3 is 19.9 Å². The summed E-state index contributed by atoms with van der Waals surface area (Å²) in [6, 6.07) is 14.8. The molecule has 0 bridgehead atoms. The number of nitriles is 1. The summed E-state index contributed by atoms with van der Waals surface area (Å²) in [5, 5.41) is 12.2. The topological polar surface area (TPSA) is 69.8 Å². The standard InChI is InChI=1S/C22H25ClN4O2/c1-3-29-21-7-5-4-6-20(21)27-12-10-26(11-13-27)16(2)22(28)25-18-9-8-17(15-24)19(23)14-18/h4-9,14,16H,3,10-13H2,1-2H3,(H,25,28)/p+1/t16-/m0/s1. The van der Waals surface area contributed by atoms with E-state index >= 15 is 0 Å². The van der Waals surface area contributed by atoms with Crippen LogP contribution in [0.25, 0.3) is 0 Å². The smallest absolute Gasteiger partial charge is 0.282 e. The van der Waals surface area contributed by atoms with Gasteiger partial charge in [0.2, 0.25) is 0 Å². The zero-order chi connectivity index (χ0) is 20.8. The van der Waals surface area contributed by atoms with E-state index < -0.39 is 0 Å². The maximum atomic E-state index is 12.7. The van der Waals surface area contributed by atoms with Gasteiger partial charge >= 0.3 is 0 Å². The fraction of sp³-hybridized carbons (Fsp3) is 0.364. The van der Waals surface area contributed by atoms with E-state index in [9.17, 15) is 4.79 Å². The predicted octanol–water partition coefficient (Wildman–Crippen LogP) is 2.34. The SMILES string of the molecule is CCOc1ccccc1N1CC[NH+]([C@@H](C)C(=O)Nc2ccc(C#N)c(Cl)c2)CC1. The summed E-state index contributed by atoms with van der Waals surface area (Å²) in [6.45, 7) is 8.02. The molecule has 0 unspecified atom stereocenters. The van der Waals surface area contributed by atoms with Gasteiger partial charge in [0, 0.05) is 5.69 Å². The van der Waals surface area contributed by atoms with E-state index in [2.05, 4.69) is 16.3 Å². The molecule has 2 aromatic carbocycles. The second kappa shape index (κ2) is 9.64. The van der Waals surface area contributed by atoms with Gasteiger partial charge in [-0.25, -0.2) is 0 Å². The second-order valence-corrected chi connectivity index (χ2v) is 7.47. The van der Waals surface area contributed by atoms with Gasteiger partial charge in [-0.2, -0.15) is 5.26 Å². The third kappa shape index (κ3) is 5.00. The van der Waals surface area contributed by atoms with Gasteiger partial charge in [0.05, 0.1) is 49.1 Å². The Morgan fingerprint density at radius 2 is 2.03 bits per heavy atom. The van der Waals surface area contributed by atoms with Crippen LogP contribution in [0.15, 0.2) is 42.5 Å². The molecule has 6 nitrogen and oxygen atoms in total. The van der Waals surface area contributed by atoms with Crippen molar-refractivity contribution in [2.45, 2.75) is 19.9 Å². The number of ether oxygens (including phenoxy) is 1. The van der Waals surface area contributed by atoms with Gasteiger partial charge in [-0.3, -0.25) is 4.79 Å². The highest BCUT2D eigenvalue weighted by atomic mass is 35.5. The number of carbonyl (C=O) groups is 1. The Morgan fingerprint density at radius 3 is 2.69 bits per heavy atom. The lowest BCUT2D eigenvalue weighted by Gasteiger charge is -2.36. The number of halogens is 1. The number of carbonyl (C=O) groups excluding carboxylic acids is 1. The second-order valence-electron chi connectivity index (χ2n) is 7.06. The lowest BCUT2D eigenvalue weighted by molar-refractivity contribution is -0.914. The third-order valence-electron chi connectivity index (χ3n) is 5.27. The van der Waals surface area contributed by atoms with Gasteiger partial charge in [-0.1, -0.05) is 23.7 Å². The van der Waals surface area contributed by atoms with E-state index in [1.165, 1.54) is 4.90 Å². The molecule has 29 heavy (non-hydrogen) atoms. The van der Waals surface area contributed by atoms with Gasteiger partial charge in [0.25, 0.3) is 5.91 Å². The first-order chi connectivity index (χ1) is 14.0. The van der Waals surface area contributed by atoms with Crippen LogP contribution in [0.2, 0.25) is 5.02 Å². The summed E-state index contributed by atoms with van der Waals surface area (Å²) in [6.07, 6.45) is 0. The van der Waals surface area contributed by atoms with Crippen LogP contribution < -0.4 is 19.9 Å². The molecule has 7 heteroatoms. The number of piperazine rings is 1. The van der Waals surface area contributed by atoms with Crippen LogP contribution in [0, 0.1) is 11.3 Å². The Morgan fingerprint density at radius 1 is 1.31 bits per heavy atom. The molecule has 0 saturated carbocycles. The predicted molar refractivity (Wildman–Crippen MR) is 115 cm³/mol. The van der Waals surface area contributed by atoms with Crippen molar-refractivity contribution < 1.29 is 14.4 Å². The Labute approximate surface area is 176 Å². The molecule has 0 spiro atoms. The molecule has 0 aliphatic carbocycles. The Kier molecular flexibility index (Phi) is 6.97. The van der Waals surface area contributed by atoms with Crippen molar-refractivity contribution in [3.8, 4) is 11.8 Å². The summed E-state index contributed by atoms with van der Waals surface area (Å²) in [7, 11) is 0. The normalized spacial score (nSPS) is 15.4. The van der Waals surface area contributed by atoms with Crippen molar-refractivity contribution in [1.82, 2.24) is 0 Å². The molecular formula is C22H26ClN4O2+. The molecule has 1 amide bonds. The van der Waals surface area contributed by atoms with E-state index in [4.69, 9.17) is 21.6 Å². The molecule has 0 radical (unpaired) electrons. The van der Waals surface area contributed by atoms with E-state index in [0.29, 0.717) is 22.9 Å². The van der Waals surface area contributed by atoms with Crippen molar-refractivity contribution in [3.63, 3.8) is 0 Å². The minimum atomic E-state index is -0.186. The Bertz CT molecular complexity index is 904. The molecule has 1 aliphatic rings. The number of benzene rings is 2. The zero-order valence-corrected chi connectivity index (χ0v) is 17.5. The highest BCUT2D eigenvalue weighted by Crippen LogP contribution is 2.27. The number of nitrogens with zero attached hydrogens (tertiary/aromatic N) is 2. The lowest BCUT2D eigenvalue weighted by atomic mass is 10.1. The van der Waals surface area contributed by atoms with Crippen LogP contribution in [-0.4, -0.2) is 44.7 Å². The number of hydrogen-bond acceptors (Lipinski definition) is 4. The summed E-state index contributed by atoms with van der Waals surface area (Å²) < 4.78 is 5.75. The van der Waals surface area contributed by atoms with Gasteiger partial charge in [-0.15, -0.1) is 0 Å². The lowest BCUT2D eigenvalue weighted by Crippen LogP contribution is -3.19. The first kappa shape index (κ1) is 21.0. The third-order valence-corrected chi connectivity index (χ3v) is 5.59. The number of para-hydroxylation sites is 2. The molecule has 1 heterocycles. The van der Waals surface area contributed by atoms with Crippen molar-refractivity contribution in [2.24, 2.45) is 0 Å². The van der Waals surface area contributed by atoms with Gasteiger partial charge in [0.1, 0.15) is 11.8 Å². The maximum absolute atomic E-state index is 12.7. The molecule has 152 valence electrons. The monoisotopic (exact) mass is 413 g/mol. The highest BCUT2D eigenvalue weighted by Gasteiger charge is 2.30. The van der Waals surface area contributed by atoms with Crippen LogP contribution in [0.4, 0.5) is 11.4 Å². The Balaban J connectivity index is 1.58. The number of nitrogens with one attached hydrogen (secondary N) is 2. The first-order valence-corrected chi connectivity index (χ1v) is 10.2. The molecule has 0 aromatic heterocycles. The van der Waals surface area contributed by atoms with Crippen LogP contribution in [0.3, 0.4) is 0 Å². The van der Waals surface area contributed by atoms with Crippen LogP contribution in [-0.2, 0) is 4.79 Å². The fourth-order valence-electron chi connectivity index (χ4n) is 3.58. The van der Waals surface area contributed by atoms with Gasteiger partial charge in [-0.05, 0) is 44.2 Å². The highest BCUT2D eigenvalue weighted by molar-refractivity contribution is 6.32. The average Bonchev–Trinajstić information content (AvgIpc) is 2.74. The number of quaternary nitrogens is 1. The minimum Gasteiger partial charge on any atom is -0.492 e. The molecule has 2 aromatic rings. The largest absolute Gasteiger partial charge is 0.492 e. The number of rotatable bonds is 6. The van der Waals surface area contributed by atoms with Crippen LogP contribution in [0.5, 0.6) is 5.75 Å². The summed E-state index contributed by atoms with van der Waals surface area (Å²) in [4.78, 5) is 16.3. The molecule has 3 rings (SSSR count). The first-order valence-electron chi connectivity index (χ1n) is 9.85. The molecule has 1 fully saturated rings. The molecule has 1 atom stereocenters. The summed E-state index contributed by atoms with van der Waals surface area (Å²) in [5.74, 6) is 0.853. The summed E-state index contributed by atoms with van der Waals surface area (Å²) in [5.41, 5.74) is 2.11. The van der Waals surface area contributed by atoms with Crippen LogP contribution >= 0.6 is 11.6 Å². The van der Waals surface area contributed by atoms with Crippen molar-refractivity contribution in [1.29, 1.82) is 5.26 Å². The number of amides is 1. The molecular weight excluding hydrogens is 388 g/mol. The van der Waals surface area contributed by atoms with Crippen molar-refractivity contribution in [2.75, 3.05) is 43.0 Å². The number of hydrogen-bond donors (Lipinski definition) is 2. The van der Waals surface area contributed by atoms with E-state index in [1.807, 2.05) is 38.1 Å². The van der Waals surface area contributed by atoms with E-state index in [0.717, 1.165) is 37.6 Å². The molecule has 2 N–H and O–H groups in total. The zero-order valence-electron chi connectivity index (χ0n) is 16.7. The van der Waals surface area contributed by atoms with Crippen molar-refractivity contribution >= 4 is 28.9 Å². The minimum absolute atomic E-state index is 0.0519. The summed E-state index contributed by atoms with van der Waals surface area (Å²) >= 11 is 6.06. The number of anilines is 2. The van der Waals surface area contributed by atoms with E-state index in [1.54, 1.807) is 18.2 Å². The maximum Gasteiger partial charge on any atom is 0.282 e. The van der Waals surface area contributed by atoms with Crippen molar-refractivity contribution in [3.05, 3.63) is 53.1 Å². The average molecular weight is 414 g/mol. The van der Waals surface area contributed by atoms with E-state index in [-0.39, 0.29) is 11.9 Å². The Hall–Kier alpha value is -2.75. The molecule has 1 aliphatic heterocycles. The molecule has 1 saturated heterocycles. The fourth-order valence-corrected chi connectivity index (χ4v) is 3.81. The van der Waals surface area contributed by atoms with Crippen LogP contribution in [0.1, 0.15) is 19.4 Å². The van der Waals surface area contributed by atoms with Gasteiger partial charge in [0.15, 0.2) is 6.04 Å².